The molecule has 0 bridgehead atoms. The standard InChI is InChI=1S/C26H40N2O4/c1-19-20(2)26(29)32-25-18-21(10-11-22(19)25)31-17-7-6-12-27-13-15-28(16-14-27)23-8-4-5-9-24(23)30-3/h4-5,8-9,19-21,26,29H,6-7,10-18H2,1-3H3/t19?,20-,21?,26+/m0/s1. The fraction of sp³-hybridized carbons (Fsp3) is 0.692. The molecule has 0 radical (unpaired) electrons. The molecular weight excluding hydrogens is 404 g/mol. The van der Waals surface area contributed by atoms with Crippen LogP contribution in [0, 0.1) is 11.8 Å². The van der Waals surface area contributed by atoms with Crippen LogP contribution in [-0.4, -0.2) is 68.8 Å². The lowest BCUT2D eigenvalue weighted by Gasteiger charge is -2.39. The molecule has 0 aromatic heterocycles. The maximum absolute atomic E-state index is 10.1. The second-order valence-electron chi connectivity index (χ2n) is 9.55. The fourth-order valence-corrected chi connectivity index (χ4v) is 5.25. The normalized spacial score (nSPS) is 28.9. The number of aliphatic hydroxyl groups is 1. The number of anilines is 1. The molecule has 4 atom stereocenters. The molecule has 1 aromatic carbocycles. The number of hydrogen-bond donors (Lipinski definition) is 1. The van der Waals surface area contributed by atoms with Crippen molar-refractivity contribution < 1.29 is 19.3 Å². The first-order valence-corrected chi connectivity index (χ1v) is 12.4. The molecule has 0 spiro atoms. The van der Waals surface area contributed by atoms with Crippen molar-refractivity contribution in [1.29, 1.82) is 0 Å². The molecule has 6 heteroatoms. The molecule has 0 amide bonds. The molecule has 6 nitrogen and oxygen atoms in total. The minimum Gasteiger partial charge on any atom is -0.495 e. The van der Waals surface area contributed by atoms with Crippen molar-refractivity contribution in [2.45, 2.75) is 58.3 Å². The summed E-state index contributed by atoms with van der Waals surface area (Å²) in [4.78, 5) is 4.99. The number of rotatable bonds is 8. The quantitative estimate of drug-likeness (QED) is 0.611. The van der Waals surface area contributed by atoms with E-state index in [1.165, 1.54) is 17.7 Å². The van der Waals surface area contributed by atoms with E-state index in [-0.39, 0.29) is 12.0 Å². The number of hydrogen-bond acceptors (Lipinski definition) is 6. The Morgan fingerprint density at radius 1 is 1.09 bits per heavy atom. The molecule has 2 unspecified atom stereocenters. The van der Waals surface area contributed by atoms with Crippen LogP contribution in [0.25, 0.3) is 0 Å². The topological polar surface area (TPSA) is 54.4 Å². The third kappa shape index (κ3) is 5.41. The Hall–Kier alpha value is -1.76. The predicted molar refractivity (Wildman–Crippen MR) is 127 cm³/mol. The Bertz CT molecular complexity index is 775. The Balaban J connectivity index is 1.12. The van der Waals surface area contributed by atoms with Gasteiger partial charge in [-0.25, -0.2) is 0 Å². The van der Waals surface area contributed by atoms with Crippen LogP contribution >= 0.6 is 0 Å². The lowest BCUT2D eigenvalue weighted by molar-refractivity contribution is -0.133. The van der Waals surface area contributed by atoms with E-state index in [0.717, 1.165) is 76.5 Å². The highest BCUT2D eigenvalue weighted by Crippen LogP contribution is 2.41. The van der Waals surface area contributed by atoms with E-state index in [0.29, 0.717) is 5.92 Å². The van der Waals surface area contributed by atoms with Crippen LogP contribution in [0.5, 0.6) is 5.75 Å². The first-order chi connectivity index (χ1) is 15.6. The number of piperazine rings is 1. The Morgan fingerprint density at radius 2 is 1.88 bits per heavy atom. The van der Waals surface area contributed by atoms with E-state index in [1.807, 2.05) is 12.1 Å². The SMILES string of the molecule is COc1ccccc1N1CCN(CCCCOC2CCC3=C(C2)O[C@@H](O)[C@@H](C)C3C)CC1. The maximum Gasteiger partial charge on any atom is 0.200 e. The van der Waals surface area contributed by atoms with Crippen molar-refractivity contribution in [2.75, 3.05) is 51.3 Å². The fourth-order valence-electron chi connectivity index (χ4n) is 5.25. The summed E-state index contributed by atoms with van der Waals surface area (Å²) in [5, 5.41) is 10.1. The van der Waals surface area contributed by atoms with Gasteiger partial charge in [-0.3, -0.25) is 4.90 Å². The number of nitrogens with zero attached hydrogens (tertiary/aromatic N) is 2. The van der Waals surface area contributed by atoms with Crippen LogP contribution in [-0.2, 0) is 9.47 Å². The van der Waals surface area contributed by atoms with Gasteiger partial charge >= 0.3 is 0 Å². The molecule has 2 aliphatic heterocycles. The summed E-state index contributed by atoms with van der Waals surface area (Å²) in [6.45, 7) is 10.5. The van der Waals surface area contributed by atoms with Gasteiger partial charge in [0.05, 0.1) is 18.9 Å². The monoisotopic (exact) mass is 444 g/mol. The third-order valence-electron chi connectivity index (χ3n) is 7.58. The summed E-state index contributed by atoms with van der Waals surface area (Å²) in [5.41, 5.74) is 2.60. The summed E-state index contributed by atoms with van der Waals surface area (Å²) in [6.07, 6.45) is 4.73. The number of benzene rings is 1. The summed E-state index contributed by atoms with van der Waals surface area (Å²) in [5.74, 6) is 2.52. The van der Waals surface area contributed by atoms with Gasteiger partial charge in [-0.2, -0.15) is 0 Å². The van der Waals surface area contributed by atoms with Crippen LogP contribution in [0.15, 0.2) is 35.6 Å². The largest absolute Gasteiger partial charge is 0.495 e. The molecular formula is C26H40N2O4. The van der Waals surface area contributed by atoms with Crippen LogP contribution in [0.2, 0.25) is 0 Å². The number of unbranched alkanes of at least 4 members (excludes halogenated alkanes) is 1. The van der Waals surface area contributed by atoms with E-state index in [1.54, 1.807) is 7.11 Å². The van der Waals surface area contributed by atoms with E-state index >= 15 is 0 Å². The number of para-hydroxylation sites is 2. The molecule has 4 rings (SSSR count). The highest BCUT2D eigenvalue weighted by molar-refractivity contribution is 5.58. The van der Waals surface area contributed by atoms with Crippen molar-refractivity contribution >= 4 is 5.69 Å². The van der Waals surface area contributed by atoms with Gasteiger partial charge in [0, 0.05) is 45.1 Å². The Morgan fingerprint density at radius 3 is 2.66 bits per heavy atom. The molecule has 0 saturated carbocycles. The maximum atomic E-state index is 10.1. The molecule has 3 aliphatic rings. The third-order valence-corrected chi connectivity index (χ3v) is 7.58. The number of ether oxygens (including phenoxy) is 3. The molecule has 2 heterocycles. The minimum atomic E-state index is -0.675. The molecule has 1 aliphatic carbocycles. The van der Waals surface area contributed by atoms with Gasteiger partial charge in [-0.15, -0.1) is 0 Å². The zero-order valence-corrected chi connectivity index (χ0v) is 20.0. The molecule has 178 valence electrons. The Kier molecular flexibility index (Phi) is 7.98. The molecule has 1 aromatic rings. The lowest BCUT2D eigenvalue weighted by Crippen LogP contribution is -2.46. The van der Waals surface area contributed by atoms with Crippen LogP contribution in [0.3, 0.4) is 0 Å². The van der Waals surface area contributed by atoms with Crippen molar-refractivity contribution in [3.63, 3.8) is 0 Å². The molecule has 1 N–H and O–H groups in total. The van der Waals surface area contributed by atoms with E-state index < -0.39 is 6.29 Å². The second-order valence-corrected chi connectivity index (χ2v) is 9.55. The molecule has 1 saturated heterocycles. The predicted octanol–water partition coefficient (Wildman–Crippen LogP) is 4.04. The minimum absolute atomic E-state index is 0.169. The second kappa shape index (κ2) is 10.9. The van der Waals surface area contributed by atoms with Crippen molar-refractivity contribution in [2.24, 2.45) is 11.8 Å². The highest BCUT2D eigenvalue weighted by atomic mass is 16.6. The number of methoxy groups -OCH3 is 1. The van der Waals surface area contributed by atoms with Gasteiger partial charge in [-0.05, 0) is 55.9 Å². The van der Waals surface area contributed by atoms with E-state index in [2.05, 4.69) is 35.8 Å². The van der Waals surface area contributed by atoms with Crippen LogP contribution in [0.4, 0.5) is 5.69 Å². The average molecular weight is 445 g/mol. The van der Waals surface area contributed by atoms with Crippen molar-refractivity contribution in [3.05, 3.63) is 35.6 Å². The first kappa shape index (κ1) is 23.4. The Labute approximate surface area is 193 Å². The smallest absolute Gasteiger partial charge is 0.200 e. The van der Waals surface area contributed by atoms with Gasteiger partial charge in [0.2, 0.25) is 0 Å². The van der Waals surface area contributed by atoms with Gasteiger partial charge in [-0.1, -0.05) is 26.0 Å². The van der Waals surface area contributed by atoms with Gasteiger partial charge < -0.3 is 24.2 Å². The van der Waals surface area contributed by atoms with Crippen molar-refractivity contribution in [3.8, 4) is 5.75 Å². The average Bonchev–Trinajstić information content (AvgIpc) is 2.82. The molecule has 1 fully saturated rings. The van der Waals surface area contributed by atoms with Crippen LogP contribution in [0.1, 0.15) is 46.0 Å². The van der Waals surface area contributed by atoms with Gasteiger partial charge in [0.15, 0.2) is 6.29 Å². The summed E-state index contributed by atoms with van der Waals surface area (Å²) in [7, 11) is 1.74. The highest BCUT2D eigenvalue weighted by Gasteiger charge is 2.36. The van der Waals surface area contributed by atoms with Gasteiger partial charge in [0.25, 0.3) is 0 Å². The zero-order chi connectivity index (χ0) is 22.5. The van der Waals surface area contributed by atoms with Crippen LogP contribution < -0.4 is 9.64 Å². The number of allylic oxidation sites excluding steroid dienone is 1. The zero-order valence-electron chi connectivity index (χ0n) is 20.0. The first-order valence-electron chi connectivity index (χ1n) is 12.4. The summed E-state index contributed by atoms with van der Waals surface area (Å²) < 4.78 is 17.5. The van der Waals surface area contributed by atoms with Crippen molar-refractivity contribution in [1.82, 2.24) is 4.90 Å². The van der Waals surface area contributed by atoms with E-state index in [4.69, 9.17) is 14.2 Å². The summed E-state index contributed by atoms with van der Waals surface area (Å²) in [6, 6.07) is 8.29. The molecule has 32 heavy (non-hydrogen) atoms. The lowest BCUT2D eigenvalue weighted by atomic mass is 9.79. The van der Waals surface area contributed by atoms with Gasteiger partial charge in [0.1, 0.15) is 11.5 Å². The van der Waals surface area contributed by atoms with E-state index in [9.17, 15) is 5.11 Å². The number of aliphatic hydroxyl groups excluding tert-OH is 1. The summed E-state index contributed by atoms with van der Waals surface area (Å²) >= 11 is 0.